The number of benzene rings is 2. The van der Waals surface area contributed by atoms with Crippen molar-refractivity contribution in [2.75, 3.05) is 18.4 Å². The van der Waals surface area contributed by atoms with E-state index in [2.05, 4.69) is 10.6 Å². The fraction of sp³-hybridized carbons (Fsp3) is 0.333. The molecule has 0 aliphatic carbocycles. The average Bonchev–Trinajstić information content (AvgIpc) is 2.70. The lowest BCUT2D eigenvalue weighted by molar-refractivity contribution is -0.120. The lowest BCUT2D eigenvalue weighted by Crippen LogP contribution is -2.31. The second kappa shape index (κ2) is 10.9. The van der Waals surface area contributed by atoms with Gasteiger partial charge in [0.2, 0.25) is 21.8 Å². The van der Waals surface area contributed by atoms with Gasteiger partial charge in [-0.1, -0.05) is 49.2 Å². The topological polar surface area (TPSA) is 95.6 Å². The molecule has 0 aliphatic heterocycles. The zero-order valence-electron chi connectivity index (χ0n) is 17.5. The molecule has 2 aromatic carbocycles. The first-order valence-electron chi connectivity index (χ1n) is 9.70. The lowest BCUT2D eigenvalue weighted by Gasteiger charge is -2.20. The highest BCUT2D eigenvalue weighted by Gasteiger charge is 2.23. The first-order chi connectivity index (χ1) is 14.6. The third-order valence-corrected chi connectivity index (χ3v) is 7.22. The van der Waals surface area contributed by atoms with Crippen LogP contribution >= 0.6 is 23.2 Å². The second-order valence-electron chi connectivity index (χ2n) is 6.79. The maximum atomic E-state index is 12.8. The number of carbonyl (C=O) groups is 2. The van der Waals surface area contributed by atoms with Crippen LogP contribution in [0.1, 0.15) is 38.8 Å². The van der Waals surface area contributed by atoms with Gasteiger partial charge in [-0.05, 0) is 35.9 Å². The quantitative estimate of drug-likeness (QED) is 0.555. The van der Waals surface area contributed by atoms with Crippen LogP contribution in [0.2, 0.25) is 10.0 Å². The van der Waals surface area contributed by atoms with Crippen LogP contribution in [0.4, 0.5) is 5.69 Å². The number of rotatable bonds is 9. The number of amides is 2. The minimum Gasteiger partial charge on any atom is -0.349 e. The van der Waals surface area contributed by atoms with Crippen molar-refractivity contribution in [3.63, 3.8) is 0 Å². The molecule has 168 valence electrons. The van der Waals surface area contributed by atoms with E-state index in [0.717, 1.165) is 0 Å². The minimum atomic E-state index is -3.71. The van der Waals surface area contributed by atoms with Crippen molar-refractivity contribution < 1.29 is 18.0 Å². The monoisotopic (exact) mass is 485 g/mol. The molecule has 10 heteroatoms. The SMILES string of the molecule is CCN(CC)S(=O)(=O)c1ccc(Cl)c(NC(=O)CC(NC(C)=O)c2ccc(Cl)cc2)c1. The van der Waals surface area contributed by atoms with Gasteiger partial charge in [-0.2, -0.15) is 4.31 Å². The third-order valence-electron chi connectivity index (χ3n) is 4.59. The molecule has 1 unspecified atom stereocenters. The van der Waals surface area contributed by atoms with Crippen molar-refractivity contribution in [2.45, 2.75) is 38.1 Å². The highest BCUT2D eigenvalue weighted by molar-refractivity contribution is 7.89. The molecule has 0 saturated carbocycles. The molecular formula is C21H25Cl2N3O4S. The van der Waals surface area contributed by atoms with Crippen molar-refractivity contribution in [1.82, 2.24) is 9.62 Å². The first kappa shape index (κ1) is 25.1. The van der Waals surface area contributed by atoms with Crippen molar-refractivity contribution in [1.29, 1.82) is 0 Å². The van der Waals surface area contributed by atoms with Crippen LogP contribution in [-0.2, 0) is 19.6 Å². The molecule has 31 heavy (non-hydrogen) atoms. The molecule has 0 spiro atoms. The summed E-state index contributed by atoms with van der Waals surface area (Å²) in [5.74, 6) is -0.730. The van der Waals surface area contributed by atoms with Gasteiger partial charge in [-0.3, -0.25) is 9.59 Å². The Hall–Kier alpha value is -2.13. The summed E-state index contributed by atoms with van der Waals surface area (Å²) in [5.41, 5.74) is 0.885. The number of hydrogen-bond donors (Lipinski definition) is 2. The third kappa shape index (κ3) is 6.67. The number of anilines is 1. The van der Waals surface area contributed by atoms with Gasteiger partial charge in [0.05, 0.1) is 28.1 Å². The van der Waals surface area contributed by atoms with E-state index in [-0.39, 0.29) is 27.9 Å². The highest BCUT2D eigenvalue weighted by atomic mass is 35.5. The zero-order valence-corrected chi connectivity index (χ0v) is 19.8. The van der Waals surface area contributed by atoms with E-state index >= 15 is 0 Å². The van der Waals surface area contributed by atoms with Crippen LogP contribution in [0.15, 0.2) is 47.4 Å². The average molecular weight is 486 g/mol. The Morgan fingerprint density at radius 2 is 1.65 bits per heavy atom. The Morgan fingerprint density at radius 1 is 1.03 bits per heavy atom. The van der Waals surface area contributed by atoms with E-state index < -0.39 is 22.0 Å². The van der Waals surface area contributed by atoms with Gasteiger partial charge in [-0.15, -0.1) is 0 Å². The molecule has 7 nitrogen and oxygen atoms in total. The fourth-order valence-corrected chi connectivity index (χ4v) is 4.83. The Kier molecular flexibility index (Phi) is 8.88. The van der Waals surface area contributed by atoms with Crippen molar-refractivity contribution >= 4 is 50.7 Å². The van der Waals surface area contributed by atoms with E-state index in [1.807, 2.05) is 0 Å². The molecular weight excluding hydrogens is 461 g/mol. The van der Waals surface area contributed by atoms with Crippen molar-refractivity contribution in [2.24, 2.45) is 0 Å². The predicted molar refractivity (Wildman–Crippen MR) is 123 cm³/mol. The van der Waals surface area contributed by atoms with Crippen molar-refractivity contribution in [3.05, 3.63) is 58.1 Å². The Labute approximate surface area is 192 Å². The van der Waals surface area contributed by atoms with E-state index in [1.165, 1.54) is 29.4 Å². The number of nitrogens with zero attached hydrogens (tertiary/aromatic N) is 1. The second-order valence-corrected chi connectivity index (χ2v) is 9.57. The predicted octanol–water partition coefficient (Wildman–Crippen LogP) is 4.23. The fourth-order valence-electron chi connectivity index (χ4n) is 3.05. The molecule has 2 aromatic rings. The van der Waals surface area contributed by atoms with E-state index in [9.17, 15) is 18.0 Å². The van der Waals surface area contributed by atoms with E-state index in [0.29, 0.717) is 23.7 Å². The number of nitrogens with one attached hydrogen (secondary N) is 2. The molecule has 0 fully saturated rings. The number of hydrogen-bond acceptors (Lipinski definition) is 4. The normalized spacial score (nSPS) is 12.5. The molecule has 0 aromatic heterocycles. The molecule has 0 saturated heterocycles. The van der Waals surface area contributed by atoms with Crippen molar-refractivity contribution in [3.8, 4) is 0 Å². The van der Waals surface area contributed by atoms with Crippen LogP contribution in [-0.4, -0.2) is 37.6 Å². The number of halogens is 2. The summed E-state index contributed by atoms with van der Waals surface area (Å²) >= 11 is 12.1. The summed E-state index contributed by atoms with van der Waals surface area (Å²) < 4.78 is 26.8. The van der Waals surface area contributed by atoms with Gasteiger partial charge in [0, 0.05) is 25.0 Å². The van der Waals surface area contributed by atoms with Crippen LogP contribution in [0.5, 0.6) is 0 Å². The molecule has 2 N–H and O–H groups in total. The summed E-state index contributed by atoms with van der Waals surface area (Å²) in [6, 6.07) is 10.4. The number of sulfonamides is 1. The molecule has 1 atom stereocenters. The van der Waals surface area contributed by atoms with E-state index in [1.54, 1.807) is 38.1 Å². The van der Waals surface area contributed by atoms with Crippen LogP contribution in [0.25, 0.3) is 0 Å². The summed E-state index contributed by atoms with van der Waals surface area (Å²) in [5, 5.41) is 6.12. The molecule has 2 amide bonds. The molecule has 0 radical (unpaired) electrons. The molecule has 2 rings (SSSR count). The van der Waals surface area contributed by atoms with Gasteiger partial charge in [0.25, 0.3) is 0 Å². The minimum absolute atomic E-state index is 0.0343. The Balaban J connectivity index is 2.25. The van der Waals surface area contributed by atoms with Gasteiger partial charge in [0.15, 0.2) is 0 Å². The lowest BCUT2D eigenvalue weighted by atomic mass is 10.0. The smallest absolute Gasteiger partial charge is 0.243 e. The van der Waals surface area contributed by atoms with Gasteiger partial charge < -0.3 is 10.6 Å². The zero-order chi connectivity index (χ0) is 23.2. The molecule has 0 heterocycles. The summed E-state index contributed by atoms with van der Waals surface area (Å²) in [6.07, 6.45) is -0.0788. The maximum Gasteiger partial charge on any atom is 0.243 e. The Morgan fingerprint density at radius 3 is 2.19 bits per heavy atom. The largest absolute Gasteiger partial charge is 0.349 e. The standard InChI is InChI=1S/C21H25Cl2N3O4S/c1-4-26(5-2)31(29,30)17-10-11-18(23)20(12-17)25-21(28)13-19(24-14(3)27)15-6-8-16(22)9-7-15/h6-12,19H,4-5,13H2,1-3H3,(H,24,27)(H,25,28). The van der Waals surface area contributed by atoms with Crippen LogP contribution < -0.4 is 10.6 Å². The van der Waals surface area contributed by atoms with Crippen LogP contribution in [0.3, 0.4) is 0 Å². The highest BCUT2D eigenvalue weighted by Crippen LogP contribution is 2.28. The van der Waals surface area contributed by atoms with Crippen LogP contribution in [0, 0.1) is 0 Å². The maximum absolute atomic E-state index is 12.8. The Bertz CT molecular complexity index is 1040. The van der Waals surface area contributed by atoms with Gasteiger partial charge in [0.1, 0.15) is 0 Å². The summed E-state index contributed by atoms with van der Waals surface area (Å²) in [6.45, 7) is 5.50. The number of carbonyl (C=O) groups excluding carboxylic acids is 2. The first-order valence-corrected chi connectivity index (χ1v) is 11.9. The summed E-state index contributed by atoms with van der Waals surface area (Å²) in [7, 11) is -3.71. The van der Waals surface area contributed by atoms with Gasteiger partial charge in [-0.25, -0.2) is 8.42 Å². The summed E-state index contributed by atoms with van der Waals surface area (Å²) in [4.78, 5) is 24.3. The van der Waals surface area contributed by atoms with E-state index in [4.69, 9.17) is 23.2 Å². The molecule has 0 aliphatic rings. The molecule has 0 bridgehead atoms. The van der Waals surface area contributed by atoms with Gasteiger partial charge >= 0.3 is 0 Å².